The van der Waals surface area contributed by atoms with Gasteiger partial charge in [-0.05, 0) is 4.92 Å². The average Bonchev–Trinajstić information content (AvgIpc) is 2.52. The van der Waals surface area contributed by atoms with Crippen LogP contribution in [0.2, 0.25) is 0 Å². The van der Waals surface area contributed by atoms with E-state index in [-0.39, 0.29) is 12.5 Å². The molecule has 0 spiro atoms. The smallest absolute Gasteiger partial charge is 0.396 e. The van der Waals surface area contributed by atoms with Crippen LogP contribution in [0.3, 0.4) is 0 Å². The Balaban J connectivity index is 2.64. The van der Waals surface area contributed by atoms with Gasteiger partial charge in [-0.15, -0.1) is 0 Å². The summed E-state index contributed by atoms with van der Waals surface area (Å²) in [6.45, 7) is 2.26. The van der Waals surface area contributed by atoms with E-state index in [0.29, 0.717) is 6.54 Å². The van der Waals surface area contributed by atoms with Gasteiger partial charge in [-0.2, -0.15) is 4.68 Å². The van der Waals surface area contributed by atoms with E-state index in [0.717, 1.165) is 0 Å². The lowest BCUT2D eigenvalue weighted by Crippen LogP contribution is -2.11. The molecule has 0 aliphatic carbocycles. The zero-order chi connectivity index (χ0) is 9.84. The van der Waals surface area contributed by atoms with Crippen molar-refractivity contribution in [3.63, 3.8) is 0 Å². The molecule has 7 nitrogen and oxygen atoms in total. The van der Waals surface area contributed by atoms with Crippen molar-refractivity contribution in [3.05, 3.63) is 16.4 Å². The van der Waals surface area contributed by atoms with Gasteiger partial charge in [-0.1, -0.05) is 11.9 Å². The molecule has 13 heavy (non-hydrogen) atoms. The predicted octanol–water partition coefficient (Wildman–Crippen LogP) is -0.185. The molecule has 1 aromatic rings. The van der Waals surface area contributed by atoms with Crippen LogP contribution in [-0.2, 0) is 6.54 Å². The number of nitro groups is 1. The molecule has 0 saturated carbocycles. The molecule has 72 valence electrons. The van der Waals surface area contributed by atoms with E-state index < -0.39 is 10.9 Å². The molecular formula is C6H10N4O3. The zero-order valence-electron chi connectivity index (χ0n) is 7.12. The highest BCUT2D eigenvalue weighted by Gasteiger charge is 2.14. The summed E-state index contributed by atoms with van der Waals surface area (Å²) in [5.74, 6) is -0.397. The molecule has 1 atom stereocenters. The fourth-order valence-electron chi connectivity index (χ4n) is 0.833. The molecule has 1 unspecified atom stereocenters. The summed E-state index contributed by atoms with van der Waals surface area (Å²) in [4.78, 5) is 13.0. The van der Waals surface area contributed by atoms with Crippen molar-refractivity contribution in [2.24, 2.45) is 5.92 Å². The SMILES string of the molecule is CC(CO)Cn1cnc([N+](=O)[O-])n1. The van der Waals surface area contributed by atoms with Crippen LogP contribution in [0.4, 0.5) is 5.95 Å². The van der Waals surface area contributed by atoms with Crippen molar-refractivity contribution < 1.29 is 10.0 Å². The van der Waals surface area contributed by atoms with E-state index in [1.807, 2.05) is 6.92 Å². The van der Waals surface area contributed by atoms with E-state index in [1.54, 1.807) is 0 Å². The lowest BCUT2D eigenvalue weighted by atomic mass is 10.2. The summed E-state index contributed by atoms with van der Waals surface area (Å²) in [5.41, 5.74) is 0. The summed E-state index contributed by atoms with van der Waals surface area (Å²) in [7, 11) is 0. The summed E-state index contributed by atoms with van der Waals surface area (Å²) in [5, 5.41) is 22.5. The number of rotatable bonds is 4. The fraction of sp³-hybridized carbons (Fsp3) is 0.667. The fourth-order valence-corrected chi connectivity index (χ4v) is 0.833. The summed E-state index contributed by atoms with van der Waals surface area (Å²) in [6.07, 6.45) is 1.28. The highest BCUT2D eigenvalue weighted by atomic mass is 16.6. The summed E-state index contributed by atoms with van der Waals surface area (Å²) >= 11 is 0. The molecule has 0 aromatic carbocycles. The molecule has 0 saturated heterocycles. The van der Waals surface area contributed by atoms with Crippen LogP contribution in [0.1, 0.15) is 6.92 Å². The van der Waals surface area contributed by atoms with Crippen molar-refractivity contribution >= 4 is 5.95 Å². The van der Waals surface area contributed by atoms with E-state index in [2.05, 4.69) is 10.1 Å². The van der Waals surface area contributed by atoms with Gasteiger partial charge in [-0.3, -0.25) is 0 Å². The van der Waals surface area contributed by atoms with Gasteiger partial charge in [0.15, 0.2) is 0 Å². The summed E-state index contributed by atoms with van der Waals surface area (Å²) in [6, 6.07) is 0. The van der Waals surface area contributed by atoms with Gasteiger partial charge in [0.05, 0.1) is 6.54 Å². The molecule has 1 N–H and O–H groups in total. The zero-order valence-corrected chi connectivity index (χ0v) is 7.12. The molecular weight excluding hydrogens is 176 g/mol. The van der Waals surface area contributed by atoms with Crippen molar-refractivity contribution in [1.82, 2.24) is 14.8 Å². The number of hydrogen-bond donors (Lipinski definition) is 1. The molecule has 0 aliphatic heterocycles. The Morgan fingerprint density at radius 2 is 2.54 bits per heavy atom. The molecule has 7 heteroatoms. The third-order valence-electron chi connectivity index (χ3n) is 1.50. The van der Waals surface area contributed by atoms with Crippen LogP contribution in [0, 0.1) is 16.0 Å². The van der Waals surface area contributed by atoms with Crippen LogP contribution in [0.5, 0.6) is 0 Å². The molecule has 0 aliphatic rings. The van der Waals surface area contributed by atoms with Crippen LogP contribution in [0.25, 0.3) is 0 Å². The third kappa shape index (κ3) is 2.48. The predicted molar refractivity (Wildman–Crippen MR) is 42.9 cm³/mol. The third-order valence-corrected chi connectivity index (χ3v) is 1.50. The summed E-state index contributed by atoms with van der Waals surface area (Å²) < 4.78 is 1.35. The highest BCUT2D eigenvalue weighted by molar-refractivity contribution is 4.96. The first-order chi connectivity index (χ1) is 6.13. The lowest BCUT2D eigenvalue weighted by molar-refractivity contribution is -0.394. The largest absolute Gasteiger partial charge is 0.490 e. The Bertz CT molecular complexity index is 298. The van der Waals surface area contributed by atoms with Gasteiger partial charge in [-0.25, -0.2) is 0 Å². The molecule has 1 aromatic heterocycles. The van der Waals surface area contributed by atoms with Crippen molar-refractivity contribution in [2.45, 2.75) is 13.5 Å². The van der Waals surface area contributed by atoms with Crippen LogP contribution >= 0.6 is 0 Å². The maximum absolute atomic E-state index is 10.2. The Morgan fingerprint density at radius 3 is 3.00 bits per heavy atom. The maximum atomic E-state index is 10.2. The van der Waals surface area contributed by atoms with Gasteiger partial charge in [0.1, 0.15) is 0 Å². The first-order valence-corrected chi connectivity index (χ1v) is 3.78. The monoisotopic (exact) mass is 186 g/mol. The minimum absolute atomic E-state index is 0.0151. The molecule has 1 rings (SSSR count). The van der Waals surface area contributed by atoms with Gasteiger partial charge < -0.3 is 15.2 Å². The molecule has 1 heterocycles. The van der Waals surface area contributed by atoms with Crippen LogP contribution in [-0.4, -0.2) is 31.4 Å². The number of aromatic nitrogens is 3. The van der Waals surface area contributed by atoms with Crippen molar-refractivity contribution in [1.29, 1.82) is 0 Å². The number of hydrogen-bond acceptors (Lipinski definition) is 5. The lowest BCUT2D eigenvalue weighted by Gasteiger charge is -2.02. The highest BCUT2D eigenvalue weighted by Crippen LogP contribution is 2.02. The minimum Gasteiger partial charge on any atom is -0.396 e. The molecule has 0 amide bonds. The standard InChI is InChI=1S/C6H10N4O3/c1-5(3-11)2-9-4-7-6(8-9)10(12)13/h4-5,11H,2-3H2,1H3. The molecule has 0 fully saturated rings. The Hall–Kier alpha value is -1.50. The number of aliphatic hydroxyl groups is 1. The van der Waals surface area contributed by atoms with Crippen LogP contribution < -0.4 is 0 Å². The van der Waals surface area contributed by atoms with Gasteiger partial charge >= 0.3 is 5.95 Å². The van der Waals surface area contributed by atoms with Crippen molar-refractivity contribution in [2.75, 3.05) is 6.61 Å². The van der Waals surface area contributed by atoms with Gasteiger partial charge in [0, 0.05) is 17.6 Å². The van der Waals surface area contributed by atoms with E-state index in [1.165, 1.54) is 11.0 Å². The Kier molecular flexibility index (Phi) is 2.91. The topological polar surface area (TPSA) is 94.1 Å². The van der Waals surface area contributed by atoms with Gasteiger partial charge in [0.25, 0.3) is 0 Å². The normalized spacial score (nSPS) is 12.8. The molecule has 0 bridgehead atoms. The maximum Gasteiger partial charge on any atom is 0.490 e. The number of aliphatic hydroxyl groups excluding tert-OH is 1. The Labute approximate surface area is 74.2 Å². The molecule has 0 radical (unpaired) electrons. The minimum atomic E-state index is -0.653. The number of nitrogens with zero attached hydrogens (tertiary/aromatic N) is 4. The van der Waals surface area contributed by atoms with Gasteiger partial charge in [0.2, 0.25) is 6.33 Å². The average molecular weight is 186 g/mol. The first kappa shape index (κ1) is 9.59. The first-order valence-electron chi connectivity index (χ1n) is 3.78. The van der Waals surface area contributed by atoms with E-state index in [9.17, 15) is 10.1 Å². The second kappa shape index (κ2) is 3.94. The van der Waals surface area contributed by atoms with Crippen LogP contribution in [0.15, 0.2) is 6.33 Å². The van der Waals surface area contributed by atoms with E-state index >= 15 is 0 Å². The second-order valence-corrected chi connectivity index (χ2v) is 2.81. The quantitative estimate of drug-likeness (QED) is 0.519. The van der Waals surface area contributed by atoms with E-state index in [4.69, 9.17) is 5.11 Å². The van der Waals surface area contributed by atoms with Crippen molar-refractivity contribution in [3.8, 4) is 0 Å². The second-order valence-electron chi connectivity index (χ2n) is 2.81. The Morgan fingerprint density at radius 1 is 1.85 bits per heavy atom.